The van der Waals surface area contributed by atoms with Crippen LogP contribution >= 0.6 is 0 Å². The molecule has 0 spiro atoms. The van der Waals surface area contributed by atoms with Crippen molar-refractivity contribution in [2.75, 3.05) is 13.2 Å². The molecular weight excluding hydrogens is 180 g/mol. The smallest absolute Gasteiger partial charge is 0.167 e. The van der Waals surface area contributed by atoms with E-state index in [0.29, 0.717) is 6.04 Å². The van der Waals surface area contributed by atoms with Crippen LogP contribution in [0.3, 0.4) is 0 Å². The van der Waals surface area contributed by atoms with Crippen LogP contribution in [0.15, 0.2) is 6.33 Å². The summed E-state index contributed by atoms with van der Waals surface area (Å²) in [5.74, 6) is 0.847. The molecule has 1 fully saturated rings. The minimum atomic E-state index is 0.197. The molecule has 0 saturated carbocycles. The highest BCUT2D eigenvalue weighted by Crippen LogP contribution is 2.11. The van der Waals surface area contributed by atoms with Crippen LogP contribution in [0.2, 0.25) is 0 Å². The molecular formula is C9H16N4O. The molecule has 0 aliphatic carbocycles. The molecule has 5 heteroatoms. The van der Waals surface area contributed by atoms with Gasteiger partial charge in [-0.2, -0.15) is 5.10 Å². The fraction of sp³-hybridized carbons (Fsp3) is 0.778. The van der Waals surface area contributed by atoms with E-state index in [2.05, 4.69) is 22.3 Å². The predicted molar refractivity (Wildman–Crippen MR) is 51.8 cm³/mol. The zero-order chi connectivity index (χ0) is 9.97. The van der Waals surface area contributed by atoms with Crippen LogP contribution in [0.4, 0.5) is 0 Å². The fourth-order valence-electron chi connectivity index (χ4n) is 1.65. The van der Waals surface area contributed by atoms with Gasteiger partial charge >= 0.3 is 0 Å². The standard InChI is InChI=1S/C9H16N4O/c1-7(9-10-6-13(2)12-9)11-8-3-4-14-5-8/h6-8,11H,3-5H2,1-2H3. The zero-order valence-corrected chi connectivity index (χ0v) is 8.60. The van der Waals surface area contributed by atoms with Crippen molar-refractivity contribution in [2.45, 2.75) is 25.4 Å². The molecule has 14 heavy (non-hydrogen) atoms. The molecule has 2 unspecified atom stereocenters. The molecule has 2 heterocycles. The maximum absolute atomic E-state index is 5.29. The number of aryl methyl sites for hydroxylation is 1. The van der Waals surface area contributed by atoms with E-state index in [9.17, 15) is 0 Å². The third-order valence-electron chi connectivity index (χ3n) is 2.42. The van der Waals surface area contributed by atoms with E-state index in [0.717, 1.165) is 25.5 Å². The number of rotatable bonds is 3. The third-order valence-corrected chi connectivity index (χ3v) is 2.42. The second kappa shape index (κ2) is 4.06. The average Bonchev–Trinajstić information content (AvgIpc) is 2.75. The Balaban J connectivity index is 1.91. The normalized spacial score (nSPS) is 24.0. The molecule has 1 aromatic rings. The van der Waals surface area contributed by atoms with E-state index in [-0.39, 0.29) is 6.04 Å². The zero-order valence-electron chi connectivity index (χ0n) is 8.60. The minimum Gasteiger partial charge on any atom is -0.380 e. The monoisotopic (exact) mass is 196 g/mol. The van der Waals surface area contributed by atoms with Crippen molar-refractivity contribution in [1.29, 1.82) is 0 Å². The fourth-order valence-corrected chi connectivity index (χ4v) is 1.65. The number of ether oxygens (including phenoxy) is 1. The van der Waals surface area contributed by atoms with Crippen LogP contribution in [-0.2, 0) is 11.8 Å². The van der Waals surface area contributed by atoms with Gasteiger partial charge in [0.2, 0.25) is 0 Å². The van der Waals surface area contributed by atoms with Gasteiger partial charge in [0, 0.05) is 19.7 Å². The van der Waals surface area contributed by atoms with Crippen LogP contribution in [-0.4, -0.2) is 34.0 Å². The van der Waals surface area contributed by atoms with E-state index in [4.69, 9.17) is 4.74 Å². The molecule has 2 atom stereocenters. The van der Waals surface area contributed by atoms with Crippen molar-refractivity contribution in [3.8, 4) is 0 Å². The first kappa shape index (κ1) is 9.61. The summed E-state index contributed by atoms with van der Waals surface area (Å²) in [5, 5.41) is 7.70. The summed E-state index contributed by atoms with van der Waals surface area (Å²) in [6.07, 6.45) is 2.80. The quantitative estimate of drug-likeness (QED) is 0.753. The van der Waals surface area contributed by atoms with Gasteiger partial charge in [-0.05, 0) is 13.3 Å². The second-order valence-corrected chi connectivity index (χ2v) is 3.73. The molecule has 0 amide bonds. The van der Waals surface area contributed by atoms with Crippen LogP contribution in [0.5, 0.6) is 0 Å². The molecule has 1 N–H and O–H groups in total. The summed E-state index contributed by atoms with van der Waals surface area (Å²) in [4.78, 5) is 4.21. The lowest BCUT2D eigenvalue weighted by molar-refractivity contribution is 0.188. The number of nitrogens with one attached hydrogen (secondary N) is 1. The van der Waals surface area contributed by atoms with E-state index in [1.165, 1.54) is 0 Å². The Morgan fingerprint density at radius 3 is 3.14 bits per heavy atom. The largest absolute Gasteiger partial charge is 0.380 e. The molecule has 2 rings (SSSR count). The first-order valence-corrected chi connectivity index (χ1v) is 4.95. The number of hydrogen-bond acceptors (Lipinski definition) is 4. The van der Waals surface area contributed by atoms with Crippen molar-refractivity contribution in [3.63, 3.8) is 0 Å². The molecule has 5 nitrogen and oxygen atoms in total. The molecule has 1 aromatic heterocycles. The highest BCUT2D eigenvalue weighted by Gasteiger charge is 2.19. The van der Waals surface area contributed by atoms with Crippen molar-refractivity contribution in [3.05, 3.63) is 12.2 Å². The van der Waals surface area contributed by atoms with E-state index in [1.807, 2.05) is 7.05 Å². The van der Waals surface area contributed by atoms with E-state index in [1.54, 1.807) is 11.0 Å². The topological polar surface area (TPSA) is 52.0 Å². The van der Waals surface area contributed by atoms with Crippen molar-refractivity contribution in [2.24, 2.45) is 7.05 Å². The molecule has 1 aliphatic heterocycles. The van der Waals surface area contributed by atoms with Gasteiger partial charge in [0.15, 0.2) is 5.82 Å². The summed E-state index contributed by atoms with van der Waals surface area (Å²) >= 11 is 0. The Labute approximate surface area is 83.5 Å². The Kier molecular flexibility index (Phi) is 2.79. The first-order valence-electron chi connectivity index (χ1n) is 4.95. The maximum Gasteiger partial charge on any atom is 0.167 e. The van der Waals surface area contributed by atoms with Gasteiger partial charge in [0.1, 0.15) is 6.33 Å². The van der Waals surface area contributed by atoms with E-state index < -0.39 is 0 Å². The van der Waals surface area contributed by atoms with Crippen LogP contribution in [0, 0.1) is 0 Å². The van der Waals surface area contributed by atoms with Gasteiger partial charge in [0.05, 0.1) is 12.6 Å². The maximum atomic E-state index is 5.29. The lowest BCUT2D eigenvalue weighted by atomic mass is 10.2. The van der Waals surface area contributed by atoms with Crippen LogP contribution in [0.1, 0.15) is 25.2 Å². The lowest BCUT2D eigenvalue weighted by Crippen LogP contribution is -2.32. The highest BCUT2D eigenvalue weighted by molar-refractivity contribution is 4.91. The van der Waals surface area contributed by atoms with Gasteiger partial charge in [0.25, 0.3) is 0 Å². The minimum absolute atomic E-state index is 0.197. The summed E-state index contributed by atoms with van der Waals surface area (Å²) < 4.78 is 7.01. The third kappa shape index (κ3) is 2.10. The van der Waals surface area contributed by atoms with Crippen LogP contribution in [0.25, 0.3) is 0 Å². The Morgan fingerprint density at radius 1 is 1.71 bits per heavy atom. The lowest BCUT2D eigenvalue weighted by Gasteiger charge is -2.15. The summed E-state index contributed by atoms with van der Waals surface area (Å²) in [7, 11) is 1.88. The number of aromatic nitrogens is 3. The summed E-state index contributed by atoms with van der Waals surface area (Å²) in [6.45, 7) is 3.74. The summed E-state index contributed by atoms with van der Waals surface area (Å²) in [6, 6.07) is 0.650. The molecule has 1 aliphatic rings. The van der Waals surface area contributed by atoms with Crippen LogP contribution < -0.4 is 5.32 Å². The molecule has 1 saturated heterocycles. The molecule has 0 bridgehead atoms. The Bertz CT molecular complexity index is 293. The number of nitrogens with zero attached hydrogens (tertiary/aromatic N) is 3. The molecule has 78 valence electrons. The van der Waals surface area contributed by atoms with Gasteiger partial charge in [-0.15, -0.1) is 0 Å². The van der Waals surface area contributed by atoms with Gasteiger partial charge in [-0.3, -0.25) is 4.68 Å². The van der Waals surface area contributed by atoms with Gasteiger partial charge in [-0.1, -0.05) is 0 Å². The molecule has 0 aromatic carbocycles. The van der Waals surface area contributed by atoms with Crippen molar-refractivity contribution >= 4 is 0 Å². The predicted octanol–water partition coefficient (Wildman–Crippen LogP) is 0.255. The summed E-state index contributed by atoms with van der Waals surface area (Å²) in [5.41, 5.74) is 0. The second-order valence-electron chi connectivity index (χ2n) is 3.73. The highest BCUT2D eigenvalue weighted by atomic mass is 16.5. The van der Waals surface area contributed by atoms with Gasteiger partial charge in [-0.25, -0.2) is 4.98 Å². The van der Waals surface area contributed by atoms with Gasteiger partial charge < -0.3 is 10.1 Å². The molecule has 0 radical (unpaired) electrons. The average molecular weight is 196 g/mol. The van der Waals surface area contributed by atoms with Crippen molar-refractivity contribution < 1.29 is 4.74 Å². The SMILES string of the molecule is CC(NC1CCOC1)c1ncn(C)n1. The Morgan fingerprint density at radius 2 is 2.57 bits per heavy atom. The van der Waals surface area contributed by atoms with E-state index >= 15 is 0 Å². The van der Waals surface area contributed by atoms with Crippen molar-refractivity contribution in [1.82, 2.24) is 20.1 Å². The first-order chi connectivity index (χ1) is 6.75. The number of hydrogen-bond donors (Lipinski definition) is 1. The Hall–Kier alpha value is -0.940.